The largest absolute Gasteiger partial charge is 0.494 e. The van der Waals surface area contributed by atoms with E-state index >= 15 is 0 Å². The molecule has 0 N–H and O–H groups in total. The molecule has 2 aromatic heterocycles. The molecule has 2 aromatic carbocycles. The first-order chi connectivity index (χ1) is 15.6. The molecule has 6 nitrogen and oxygen atoms in total. The molecule has 0 amide bonds. The van der Waals surface area contributed by atoms with Crippen molar-refractivity contribution >= 4 is 21.7 Å². The highest BCUT2D eigenvalue weighted by atomic mass is 19.1. The molecule has 0 aliphatic carbocycles. The minimum atomic E-state index is -0.302. The third kappa shape index (κ3) is 4.12. The van der Waals surface area contributed by atoms with E-state index in [2.05, 4.69) is 10.1 Å². The zero-order chi connectivity index (χ0) is 22.1. The van der Waals surface area contributed by atoms with Gasteiger partial charge in [0, 0.05) is 37.2 Å². The number of likely N-dealkylation sites (tertiary alicyclic amines) is 1. The molecule has 0 bridgehead atoms. The molecule has 0 spiro atoms. The number of aromatic nitrogens is 2. The van der Waals surface area contributed by atoms with Gasteiger partial charge in [-0.25, -0.2) is 4.39 Å². The number of hydrogen-bond donors (Lipinski definition) is 0. The van der Waals surface area contributed by atoms with Crippen molar-refractivity contribution in [3.05, 3.63) is 70.5 Å². The Kier molecular flexibility index (Phi) is 5.66. The molecular formula is C25H26FN3O3. The highest BCUT2D eigenvalue weighted by Gasteiger charge is 2.25. The van der Waals surface area contributed by atoms with Crippen LogP contribution in [-0.4, -0.2) is 40.9 Å². The molecule has 1 aliphatic heterocycles. The predicted octanol–water partition coefficient (Wildman–Crippen LogP) is 4.47. The zero-order valence-electron chi connectivity index (χ0n) is 18.1. The topological polar surface area (TPSA) is 60.5 Å². The lowest BCUT2D eigenvalue weighted by Crippen LogP contribution is -2.34. The fourth-order valence-corrected chi connectivity index (χ4v) is 4.54. The summed E-state index contributed by atoms with van der Waals surface area (Å²) in [6, 6.07) is 12.2. The number of hydrogen-bond acceptors (Lipinski definition) is 5. The molecule has 1 saturated heterocycles. The first-order valence-electron chi connectivity index (χ1n) is 11.1. The summed E-state index contributed by atoms with van der Waals surface area (Å²) in [5, 5.41) is 6.75. The van der Waals surface area contributed by atoms with E-state index in [0.29, 0.717) is 23.5 Å². The van der Waals surface area contributed by atoms with E-state index in [4.69, 9.17) is 9.26 Å². The van der Waals surface area contributed by atoms with Gasteiger partial charge in [-0.05, 0) is 68.1 Å². The molecule has 5 rings (SSSR count). The van der Waals surface area contributed by atoms with Crippen molar-refractivity contribution in [3.8, 4) is 5.75 Å². The van der Waals surface area contributed by atoms with Crippen LogP contribution in [0.4, 0.5) is 4.39 Å². The minimum Gasteiger partial charge on any atom is -0.494 e. The molecule has 0 atom stereocenters. The number of pyridine rings is 1. The van der Waals surface area contributed by atoms with Crippen LogP contribution < -0.4 is 10.3 Å². The lowest BCUT2D eigenvalue weighted by molar-refractivity contribution is 0.191. The lowest BCUT2D eigenvalue weighted by atomic mass is 9.91. The van der Waals surface area contributed by atoms with Gasteiger partial charge in [0.25, 0.3) is 5.56 Å². The summed E-state index contributed by atoms with van der Waals surface area (Å²) in [4.78, 5) is 14.7. The van der Waals surface area contributed by atoms with Gasteiger partial charge in [0.2, 0.25) is 0 Å². The molecule has 4 aromatic rings. The number of benzene rings is 2. The molecular weight excluding hydrogens is 409 g/mol. The van der Waals surface area contributed by atoms with Gasteiger partial charge in [-0.3, -0.25) is 4.79 Å². The van der Waals surface area contributed by atoms with Crippen LogP contribution in [0.2, 0.25) is 0 Å². The van der Waals surface area contributed by atoms with Crippen LogP contribution in [0.25, 0.3) is 21.7 Å². The normalized spacial score (nSPS) is 15.6. The van der Waals surface area contributed by atoms with Crippen molar-refractivity contribution in [1.82, 2.24) is 14.6 Å². The maximum Gasteiger partial charge on any atom is 0.258 e. The SMILES string of the molecule is Cn1ccc2ccc(OCCCN3CCC(c4noc5cc(F)ccc45)CC3)cc2c1=O. The van der Waals surface area contributed by atoms with Crippen LogP contribution >= 0.6 is 0 Å². The summed E-state index contributed by atoms with van der Waals surface area (Å²) in [7, 11) is 1.75. The quantitative estimate of drug-likeness (QED) is 0.418. The number of fused-ring (bicyclic) bond motifs is 2. The molecule has 32 heavy (non-hydrogen) atoms. The second kappa shape index (κ2) is 8.74. The number of ether oxygens (including phenoxy) is 1. The molecule has 1 aliphatic rings. The van der Waals surface area contributed by atoms with Gasteiger partial charge in [-0.15, -0.1) is 0 Å². The third-order valence-electron chi connectivity index (χ3n) is 6.38. The average molecular weight is 435 g/mol. The van der Waals surface area contributed by atoms with Crippen LogP contribution in [0.1, 0.15) is 30.9 Å². The van der Waals surface area contributed by atoms with Crippen LogP contribution in [0.15, 0.2) is 58.0 Å². The van der Waals surface area contributed by atoms with Gasteiger partial charge >= 0.3 is 0 Å². The minimum absolute atomic E-state index is 0.0131. The lowest BCUT2D eigenvalue weighted by Gasteiger charge is -2.31. The first-order valence-corrected chi connectivity index (χ1v) is 11.1. The van der Waals surface area contributed by atoms with Gasteiger partial charge in [0.15, 0.2) is 5.58 Å². The fourth-order valence-electron chi connectivity index (χ4n) is 4.54. The molecule has 1 fully saturated rings. The molecule has 7 heteroatoms. The molecule has 0 unspecified atom stereocenters. The van der Waals surface area contributed by atoms with Crippen molar-refractivity contribution in [3.63, 3.8) is 0 Å². The Balaban J connectivity index is 1.11. The Morgan fingerprint density at radius 2 is 1.97 bits per heavy atom. The first kappa shape index (κ1) is 20.7. The van der Waals surface area contributed by atoms with E-state index in [0.717, 1.165) is 61.1 Å². The summed E-state index contributed by atoms with van der Waals surface area (Å²) in [6.45, 7) is 3.56. The molecule has 3 heterocycles. The smallest absolute Gasteiger partial charge is 0.258 e. The van der Waals surface area contributed by atoms with E-state index < -0.39 is 0 Å². The Morgan fingerprint density at radius 1 is 1.12 bits per heavy atom. The Morgan fingerprint density at radius 3 is 2.81 bits per heavy atom. The number of halogens is 1. The fraction of sp³-hybridized carbons (Fsp3) is 0.360. The molecule has 0 saturated carbocycles. The summed E-state index contributed by atoms with van der Waals surface area (Å²) in [6.07, 6.45) is 4.71. The van der Waals surface area contributed by atoms with Crippen molar-refractivity contribution in [2.75, 3.05) is 26.2 Å². The summed E-state index contributed by atoms with van der Waals surface area (Å²) in [5.74, 6) is 0.770. The van der Waals surface area contributed by atoms with E-state index in [9.17, 15) is 9.18 Å². The maximum atomic E-state index is 13.4. The second-order valence-electron chi connectivity index (χ2n) is 8.51. The van der Waals surface area contributed by atoms with Gasteiger partial charge in [0.05, 0.1) is 17.7 Å². The van der Waals surface area contributed by atoms with Crippen molar-refractivity contribution in [2.45, 2.75) is 25.2 Å². The third-order valence-corrected chi connectivity index (χ3v) is 6.38. The maximum absolute atomic E-state index is 13.4. The predicted molar refractivity (Wildman–Crippen MR) is 122 cm³/mol. The highest BCUT2D eigenvalue weighted by Crippen LogP contribution is 2.32. The van der Waals surface area contributed by atoms with Gasteiger partial charge < -0.3 is 18.7 Å². The average Bonchev–Trinajstić information content (AvgIpc) is 3.23. The van der Waals surface area contributed by atoms with E-state index in [1.807, 2.05) is 24.3 Å². The Bertz CT molecular complexity index is 1310. The molecule has 166 valence electrons. The Hall–Kier alpha value is -3.19. The van der Waals surface area contributed by atoms with E-state index in [1.165, 1.54) is 12.1 Å². The standard InChI is InChI=1S/C25H26FN3O3/c1-28-11-7-17-3-5-20(16-22(17)25(28)30)31-14-2-10-29-12-8-18(9-13-29)24-21-6-4-19(26)15-23(21)32-27-24/h3-7,11,15-16,18H,2,8-10,12-14H2,1H3. The number of rotatable bonds is 6. The summed E-state index contributed by atoms with van der Waals surface area (Å²) >= 11 is 0. The van der Waals surface area contributed by atoms with E-state index in [1.54, 1.807) is 23.9 Å². The van der Waals surface area contributed by atoms with Gasteiger partial charge in [-0.1, -0.05) is 11.2 Å². The molecule has 0 radical (unpaired) electrons. The number of piperidine rings is 1. The summed E-state index contributed by atoms with van der Waals surface area (Å²) < 4.78 is 26.2. The number of aryl methyl sites for hydroxylation is 1. The van der Waals surface area contributed by atoms with Crippen molar-refractivity contribution in [2.24, 2.45) is 7.05 Å². The van der Waals surface area contributed by atoms with Crippen molar-refractivity contribution in [1.29, 1.82) is 0 Å². The van der Waals surface area contributed by atoms with Crippen LogP contribution in [-0.2, 0) is 7.05 Å². The van der Waals surface area contributed by atoms with Crippen LogP contribution in [0.3, 0.4) is 0 Å². The number of nitrogens with zero attached hydrogens (tertiary/aromatic N) is 3. The monoisotopic (exact) mass is 435 g/mol. The highest BCUT2D eigenvalue weighted by molar-refractivity contribution is 5.82. The second-order valence-corrected chi connectivity index (χ2v) is 8.51. The zero-order valence-corrected chi connectivity index (χ0v) is 18.1. The van der Waals surface area contributed by atoms with Crippen LogP contribution in [0.5, 0.6) is 5.75 Å². The summed E-state index contributed by atoms with van der Waals surface area (Å²) in [5.41, 5.74) is 1.46. The van der Waals surface area contributed by atoms with E-state index in [-0.39, 0.29) is 11.4 Å². The Labute approximate surface area is 185 Å². The van der Waals surface area contributed by atoms with Crippen molar-refractivity contribution < 1.29 is 13.7 Å². The van der Waals surface area contributed by atoms with Crippen LogP contribution in [0, 0.1) is 5.82 Å². The van der Waals surface area contributed by atoms with Gasteiger partial charge in [-0.2, -0.15) is 0 Å². The van der Waals surface area contributed by atoms with Gasteiger partial charge in [0.1, 0.15) is 11.6 Å².